The van der Waals surface area contributed by atoms with Crippen molar-refractivity contribution in [1.29, 1.82) is 0 Å². The molecule has 0 amide bonds. The van der Waals surface area contributed by atoms with Crippen LogP contribution in [-0.2, 0) is 19.1 Å². The van der Waals surface area contributed by atoms with Gasteiger partial charge in [0.1, 0.15) is 24.9 Å². The molecule has 0 aliphatic carbocycles. The minimum Gasteiger partial charge on any atom is -0.378 e. The highest BCUT2D eigenvalue weighted by atomic mass is 19.3. The van der Waals surface area contributed by atoms with Crippen LogP contribution in [0, 0.1) is 11.8 Å². The molecule has 0 saturated carbocycles. The molecule has 296 valence electrons. The molecule has 0 radical (unpaired) electrons. The topological polar surface area (TPSA) is 155 Å². The number of carbonyl (C=O) groups is 2. The third-order valence-corrected chi connectivity index (χ3v) is 7.37. The van der Waals surface area contributed by atoms with Crippen LogP contribution in [0.3, 0.4) is 0 Å². The number of piperidine rings is 1. The number of aldehydes is 2. The summed E-state index contributed by atoms with van der Waals surface area (Å²) in [4.78, 5) is 48.5. The first kappa shape index (κ1) is 48.4. The van der Waals surface area contributed by atoms with Gasteiger partial charge in [-0.2, -0.15) is 15.0 Å². The van der Waals surface area contributed by atoms with Crippen LogP contribution in [0.4, 0.5) is 20.7 Å². The summed E-state index contributed by atoms with van der Waals surface area (Å²) in [6.07, 6.45) is 3.38. The van der Waals surface area contributed by atoms with E-state index < -0.39 is 12.1 Å². The predicted molar refractivity (Wildman–Crippen MR) is 208 cm³/mol. The third kappa shape index (κ3) is 20.5. The number of nitrogens with zero attached hydrogens (tertiary/aromatic N) is 9. The van der Waals surface area contributed by atoms with Crippen molar-refractivity contribution in [2.45, 2.75) is 53.9 Å². The van der Waals surface area contributed by atoms with Crippen molar-refractivity contribution < 1.29 is 27.8 Å². The first-order chi connectivity index (χ1) is 25.0. The number of rotatable bonds is 12. The third-order valence-electron chi connectivity index (χ3n) is 7.37. The number of allylic oxidation sites excluding steroid dienone is 2. The molecule has 14 nitrogen and oxygen atoms in total. The second kappa shape index (κ2) is 29.9. The highest BCUT2D eigenvalue weighted by molar-refractivity contribution is 6.24. The van der Waals surface area contributed by atoms with Gasteiger partial charge in [-0.05, 0) is 64.7 Å². The van der Waals surface area contributed by atoms with Gasteiger partial charge in [-0.1, -0.05) is 41.2 Å². The molecule has 0 atom stereocenters. The zero-order valence-corrected chi connectivity index (χ0v) is 32.6. The zero-order valence-electron chi connectivity index (χ0n) is 32.6. The maximum absolute atomic E-state index is 13.7. The van der Waals surface area contributed by atoms with Crippen LogP contribution in [0.15, 0.2) is 28.8 Å². The molecule has 4 heterocycles. The molecule has 52 heavy (non-hydrogen) atoms. The van der Waals surface area contributed by atoms with E-state index in [1.807, 2.05) is 30.7 Å². The lowest BCUT2D eigenvalue weighted by Gasteiger charge is -2.33. The molecule has 3 aliphatic rings. The summed E-state index contributed by atoms with van der Waals surface area (Å²) in [5, 5.41) is 0. The van der Waals surface area contributed by atoms with E-state index in [1.54, 1.807) is 0 Å². The summed E-state index contributed by atoms with van der Waals surface area (Å²) < 4.78 is 38.0. The number of halogens is 2. The fourth-order valence-corrected chi connectivity index (χ4v) is 4.74. The van der Waals surface area contributed by atoms with Crippen LogP contribution in [0.1, 0.15) is 53.3 Å². The largest absolute Gasteiger partial charge is 0.378 e. The average molecular weight is 739 g/mol. The summed E-state index contributed by atoms with van der Waals surface area (Å²) in [6.45, 7) is 25.5. The van der Waals surface area contributed by atoms with Crippen molar-refractivity contribution in [2.75, 3.05) is 109 Å². The van der Waals surface area contributed by atoms with Crippen LogP contribution >= 0.6 is 0 Å². The number of nitrogens with two attached hydrogens (primary N) is 1. The van der Waals surface area contributed by atoms with Gasteiger partial charge in [-0.25, -0.2) is 8.78 Å². The number of carbonyl (C=O) groups excluding carboxylic acids is 2. The number of likely N-dealkylation sites (N-methyl/N-ethyl adjacent to an activating group) is 1. The Hall–Kier alpha value is -3.57. The van der Waals surface area contributed by atoms with Crippen molar-refractivity contribution in [3.05, 3.63) is 24.7 Å². The maximum Gasteiger partial charge on any atom is 0.280 e. The van der Waals surface area contributed by atoms with Gasteiger partial charge < -0.3 is 39.6 Å². The Morgan fingerprint density at radius 3 is 1.88 bits per heavy atom. The van der Waals surface area contributed by atoms with E-state index >= 15 is 0 Å². The molecule has 1 aromatic heterocycles. The lowest BCUT2D eigenvalue weighted by molar-refractivity contribution is -0.112. The van der Waals surface area contributed by atoms with E-state index in [-0.39, 0.29) is 24.7 Å². The molecule has 3 fully saturated rings. The van der Waals surface area contributed by atoms with Crippen LogP contribution in [0.5, 0.6) is 0 Å². The Bertz CT molecular complexity index is 1170. The second-order valence-corrected chi connectivity index (χ2v) is 12.5. The monoisotopic (exact) mass is 739 g/mol. The Balaban J connectivity index is 0.000000969. The van der Waals surface area contributed by atoms with Crippen LogP contribution < -0.4 is 15.5 Å². The Labute approximate surface area is 310 Å². The molecule has 0 unspecified atom stereocenters. The summed E-state index contributed by atoms with van der Waals surface area (Å²) in [6, 6.07) is 0. The lowest BCUT2D eigenvalue weighted by Crippen LogP contribution is -2.45. The fourth-order valence-electron chi connectivity index (χ4n) is 4.74. The molecular weight excluding hydrogens is 674 g/mol. The molecule has 16 heteroatoms. The van der Waals surface area contributed by atoms with Gasteiger partial charge in [-0.3, -0.25) is 14.8 Å². The van der Waals surface area contributed by atoms with Crippen molar-refractivity contribution in [1.82, 2.24) is 24.8 Å². The number of ether oxygens (including phenoxy) is 2. The van der Waals surface area contributed by atoms with E-state index in [9.17, 15) is 13.6 Å². The second-order valence-electron chi connectivity index (χ2n) is 12.5. The number of likely N-dealkylation sites (tertiary alicyclic amines) is 1. The zero-order chi connectivity index (χ0) is 39.3. The highest BCUT2D eigenvalue weighted by Gasteiger charge is 2.27. The average Bonchev–Trinajstić information content (AvgIpc) is 3.15. The number of hydrogen-bond donors (Lipinski definition) is 1. The predicted octanol–water partition coefficient (Wildman–Crippen LogP) is 3.73. The van der Waals surface area contributed by atoms with Gasteiger partial charge in [0.15, 0.2) is 5.82 Å². The molecule has 1 aromatic rings. The first-order valence-corrected chi connectivity index (χ1v) is 18.0. The minimum absolute atomic E-state index is 0.0160. The normalized spacial score (nSPS) is 17.3. The smallest absolute Gasteiger partial charge is 0.280 e. The quantitative estimate of drug-likeness (QED) is 0.144. The molecular formula is C36H64F2N10O4. The van der Waals surface area contributed by atoms with Crippen LogP contribution in [-0.4, -0.2) is 156 Å². The summed E-state index contributed by atoms with van der Waals surface area (Å²) in [5.74, 6) is 2.42. The van der Waals surface area contributed by atoms with Gasteiger partial charge in [0, 0.05) is 45.5 Å². The van der Waals surface area contributed by atoms with Crippen molar-refractivity contribution >= 4 is 42.5 Å². The number of aliphatic imine (C=N–C) groups is 2. The molecule has 0 spiro atoms. The van der Waals surface area contributed by atoms with Gasteiger partial charge in [0.05, 0.1) is 32.1 Å². The summed E-state index contributed by atoms with van der Waals surface area (Å²) >= 11 is 0. The van der Waals surface area contributed by atoms with E-state index in [4.69, 9.17) is 20.0 Å². The fraction of sp³-hybridized carbons (Fsp3) is 0.694. The van der Waals surface area contributed by atoms with Gasteiger partial charge >= 0.3 is 0 Å². The van der Waals surface area contributed by atoms with E-state index in [0.29, 0.717) is 50.4 Å². The van der Waals surface area contributed by atoms with E-state index in [1.165, 1.54) is 25.1 Å². The molecule has 4 rings (SSSR count). The number of piperazine rings is 1. The van der Waals surface area contributed by atoms with Crippen molar-refractivity contribution in [2.24, 2.45) is 27.6 Å². The minimum atomic E-state index is -2.86. The van der Waals surface area contributed by atoms with Gasteiger partial charge in [-0.15, -0.1) is 0 Å². The Morgan fingerprint density at radius 1 is 0.942 bits per heavy atom. The van der Waals surface area contributed by atoms with E-state index in [2.05, 4.69) is 75.9 Å². The van der Waals surface area contributed by atoms with Crippen molar-refractivity contribution in [3.63, 3.8) is 0 Å². The number of aromatic nitrogens is 3. The first-order valence-electron chi connectivity index (χ1n) is 18.0. The summed E-state index contributed by atoms with van der Waals surface area (Å²) in [5.41, 5.74) is 4.87. The summed E-state index contributed by atoms with van der Waals surface area (Å²) in [7, 11) is 4.19. The molecule has 3 aliphatic heterocycles. The molecule has 3 saturated heterocycles. The van der Waals surface area contributed by atoms with Crippen molar-refractivity contribution in [3.8, 4) is 0 Å². The maximum atomic E-state index is 13.7. The molecule has 0 aromatic carbocycles. The highest BCUT2D eigenvalue weighted by Crippen LogP contribution is 2.24. The number of morpholine rings is 1. The standard InChI is InChI=1S/C18H27F2N9O.C9H17NO2.C4H10.C3H4O.C2H6/c1-22-11-13(14(15(19)20)23-12-21)16-24-17(28-5-3-27(2)4-6-28)26-18(25-16)29-7-9-30-10-8-29;1-10-4-2-9(3-5-10)8-12-7-6-11;1-4(2)3;1-2-3-4;1-2/h11,15H,1,3-10,12,21H2,2H3;6,9H,2-5,7-8H2,1H3;4H,1-3H3;2-3H,1H2;1-2H3/b13-11+,23-14+;;;;. The number of hydrogen-bond acceptors (Lipinski definition) is 14. The Kier molecular flexibility index (Phi) is 27.9. The number of anilines is 2. The SMILES string of the molecule is C=CC=O.C=N/C=C(\C(=N/CN)C(F)F)c1nc(N2CCOCC2)nc(N2CCN(C)CC2)n1.CC.CC(C)C.CN1CCC(COCC=O)CC1. The van der Waals surface area contributed by atoms with E-state index in [0.717, 1.165) is 58.1 Å². The molecule has 2 N–H and O–H groups in total. The Morgan fingerprint density at radius 2 is 1.44 bits per heavy atom. The lowest BCUT2D eigenvalue weighted by atomic mass is 9.98. The van der Waals surface area contributed by atoms with Crippen LogP contribution in [0.2, 0.25) is 0 Å². The number of alkyl halides is 2. The van der Waals surface area contributed by atoms with Gasteiger partial charge in [0.2, 0.25) is 11.9 Å². The molecule has 0 bridgehead atoms. The van der Waals surface area contributed by atoms with Crippen LogP contribution in [0.25, 0.3) is 5.57 Å². The van der Waals surface area contributed by atoms with Gasteiger partial charge in [0.25, 0.3) is 6.43 Å².